The van der Waals surface area contributed by atoms with Crippen molar-refractivity contribution in [2.24, 2.45) is 0 Å². The number of hydrogen-bond acceptors (Lipinski definition) is 9. The first-order valence-corrected chi connectivity index (χ1v) is 16.5. The van der Waals surface area contributed by atoms with Crippen molar-refractivity contribution in [1.29, 1.82) is 5.26 Å². The smallest absolute Gasteiger partial charge is 0.341 e. The number of nitrogens with zero attached hydrogens (tertiary/aromatic N) is 2. The predicted molar refractivity (Wildman–Crippen MR) is 176 cm³/mol. The number of thiazole rings is 1. The summed E-state index contributed by atoms with van der Waals surface area (Å²) >= 11 is 2.35. The maximum Gasteiger partial charge on any atom is 0.341 e. The molecule has 0 aliphatic heterocycles. The van der Waals surface area contributed by atoms with Gasteiger partial charge in [-0.05, 0) is 76.3 Å². The molecule has 0 fully saturated rings. The number of aromatic nitrogens is 1. The zero-order chi connectivity index (χ0) is 31.9. The Morgan fingerprint density at radius 2 is 1.64 bits per heavy atom. The molecule has 9 nitrogen and oxygen atoms in total. The molecule has 1 N–H and O–H groups in total. The van der Waals surface area contributed by atoms with Crippen LogP contribution in [0.2, 0.25) is 0 Å². The minimum atomic E-state index is -0.730. The predicted octanol–water partition coefficient (Wildman–Crippen LogP) is 4.96. The van der Waals surface area contributed by atoms with Crippen LogP contribution in [0.5, 0.6) is 11.5 Å². The number of para-hydroxylation sites is 3. The Kier molecular flexibility index (Phi) is 10.2. The van der Waals surface area contributed by atoms with Gasteiger partial charge < -0.3 is 19.5 Å². The van der Waals surface area contributed by atoms with Gasteiger partial charge in [-0.25, -0.2) is 4.79 Å². The number of thiophene rings is 1. The van der Waals surface area contributed by atoms with E-state index in [-0.39, 0.29) is 16.8 Å². The molecule has 2 aromatic heterocycles. The highest BCUT2D eigenvalue weighted by atomic mass is 32.1. The third-order valence-electron chi connectivity index (χ3n) is 7.17. The minimum absolute atomic E-state index is 0.131. The maximum absolute atomic E-state index is 14.1. The third kappa shape index (κ3) is 6.57. The van der Waals surface area contributed by atoms with Crippen LogP contribution in [0.25, 0.3) is 17.3 Å². The molecule has 0 atom stereocenters. The average Bonchev–Trinajstić information content (AvgIpc) is 3.56. The lowest BCUT2D eigenvalue weighted by Gasteiger charge is -2.12. The molecule has 0 bridgehead atoms. The second-order valence-corrected chi connectivity index (χ2v) is 12.1. The number of carbonyl (C=O) groups excluding carboxylic acids is 2. The molecule has 0 saturated heterocycles. The average molecular weight is 644 g/mol. The Hall–Kier alpha value is -4.66. The highest BCUT2D eigenvalue weighted by Gasteiger charge is 2.28. The quantitative estimate of drug-likeness (QED) is 0.243. The zero-order valence-electron chi connectivity index (χ0n) is 25.3. The van der Waals surface area contributed by atoms with Crippen molar-refractivity contribution in [3.05, 3.63) is 89.6 Å². The molecule has 232 valence electrons. The van der Waals surface area contributed by atoms with E-state index in [0.717, 1.165) is 41.0 Å². The van der Waals surface area contributed by atoms with Crippen molar-refractivity contribution in [2.45, 2.75) is 46.5 Å². The molecule has 5 rings (SSSR count). The number of esters is 1. The van der Waals surface area contributed by atoms with E-state index in [2.05, 4.69) is 5.32 Å². The van der Waals surface area contributed by atoms with Gasteiger partial charge in [0.1, 0.15) is 27.2 Å². The number of nitriles is 1. The molecule has 11 heteroatoms. The first-order valence-electron chi connectivity index (χ1n) is 14.9. The van der Waals surface area contributed by atoms with Gasteiger partial charge in [0.15, 0.2) is 5.57 Å². The van der Waals surface area contributed by atoms with E-state index in [1.165, 1.54) is 15.9 Å². The fraction of sp³-hybridized carbons (Fsp3) is 0.294. The van der Waals surface area contributed by atoms with Gasteiger partial charge in [0.05, 0.1) is 35.6 Å². The molecular weight excluding hydrogens is 611 g/mol. The number of amides is 1. The van der Waals surface area contributed by atoms with Gasteiger partial charge in [0.25, 0.3) is 11.5 Å². The summed E-state index contributed by atoms with van der Waals surface area (Å²) in [7, 11) is 0. The van der Waals surface area contributed by atoms with Crippen LogP contribution in [0.1, 0.15) is 60.0 Å². The summed E-state index contributed by atoms with van der Waals surface area (Å²) in [4.78, 5) is 42.1. The van der Waals surface area contributed by atoms with E-state index < -0.39 is 17.4 Å². The maximum atomic E-state index is 14.1. The number of nitrogens with one attached hydrogen (secondary N) is 1. The van der Waals surface area contributed by atoms with E-state index in [1.54, 1.807) is 37.3 Å². The van der Waals surface area contributed by atoms with Crippen LogP contribution in [0, 0.1) is 11.3 Å². The molecule has 0 unspecified atom stereocenters. The van der Waals surface area contributed by atoms with Crippen molar-refractivity contribution in [3.8, 4) is 23.3 Å². The molecule has 1 aliphatic rings. The molecule has 2 aromatic carbocycles. The standard InChI is InChI=1S/C34H33N3O6S2/c1-4-41-25-16-10-7-13-21(25)19-28-32(39)37(24-15-9-11-17-26(24)42-5-2)33(45-28)23(20-35)30(38)36-31-29(34(40)43-6-3)22-14-8-12-18-27(22)44-31/h7,9-11,13,15-17,19H,4-6,8,12,14,18H2,1-3H3,(H,36,38)/b28-19-,33-23+. The van der Waals surface area contributed by atoms with Crippen molar-refractivity contribution >= 4 is 51.2 Å². The highest BCUT2D eigenvalue weighted by Crippen LogP contribution is 2.39. The molecule has 0 radical (unpaired) electrons. The number of fused-ring (bicyclic) bond motifs is 1. The lowest BCUT2D eigenvalue weighted by molar-refractivity contribution is -0.111. The van der Waals surface area contributed by atoms with Gasteiger partial charge in [-0.15, -0.1) is 22.7 Å². The molecule has 45 heavy (non-hydrogen) atoms. The van der Waals surface area contributed by atoms with Crippen LogP contribution in [0.3, 0.4) is 0 Å². The molecule has 4 aromatic rings. The largest absolute Gasteiger partial charge is 0.493 e. The normalized spacial score (nSPS) is 13.4. The van der Waals surface area contributed by atoms with Crippen molar-refractivity contribution in [2.75, 3.05) is 25.1 Å². The van der Waals surface area contributed by atoms with E-state index >= 15 is 0 Å². The Morgan fingerprint density at radius 1 is 0.956 bits per heavy atom. The van der Waals surface area contributed by atoms with Gasteiger partial charge in [0.2, 0.25) is 0 Å². The monoisotopic (exact) mass is 643 g/mol. The van der Waals surface area contributed by atoms with Crippen LogP contribution in [-0.2, 0) is 22.4 Å². The van der Waals surface area contributed by atoms with Crippen molar-refractivity contribution in [1.82, 2.24) is 4.57 Å². The number of aryl methyl sites for hydroxylation is 1. The van der Waals surface area contributed by atoms with Crippen LogP contribution < -0.4 is 29.5 Å². The molecular formula is C34H33N3O6S2. The molecule has 0 saturated carbocycles. The Balaban J connectivity index is 1.73. The summed E-state index contributed by atoms with van der Waals surface area (Å²) in [5, 5.41) is 13.6. The molecule has 1 aliphatic carbocycles. The van der Waals surface area contributed by atoms with Crippen molar-refractivity contribution < 1.29 is 23.8 Å². The fourth-order valence-electron chi connectivity index (χ4n) is 5.25. The lowest BCUT2D eigenvalue weighted by Crippen LogP contribution is -2.32. The van der Waals surface area contributed by atoms with Gasteiger partial charge in [-0.1, -0.05) is 30.3 Å². The van der Waals surface area contributed by atoms with Gasteiger partial charge >= 0.3 is 5.97 Å². The van der Waals surface area contributed by atoms with Crippen LogP contribution in [-0.4, -0.2) is 36.3 Å². The van der Waals surface area contributed by atoms with Gasteiger partial charge in [-0.3, -0.25) is 14.2 Å². The third-order valence-corrected chi connectivity index (χ3v) is 9.47. The van der Waals surface area contributed by atoms with Crippen LogP contribution in [0.4, 0.5) is 5.00 Å². The summed E-state index contributed by atoms with van der Waals surface area (Å²) in [5.74, 6) is -0.206. The van der Waals surface area contributed by atoms with E-state index in [1.807, 2.05) is 44.2 Å². The highest BCUT2D eigenvalue weighted by molar-refractivity contribution is 7.17. The summed E-state index contributed by atoms with van der Waals surface area (Å²) < 4.78 is 18.7. The minimum Gasteiger partial charge on any atom is -0.493 e. The number of hydrogen-bond donors (Lipinski definition) is 1. The topological polar surface area (TPSA) is 120 Å². The second-order valence-electron chi connectivity index (χ2n) is 10.0. The summed E-state index contributed by atoms with van der Waals surface area (Å²) in [6.07, 6.45) is 5.14. The first-order chi connectivity index (χ1) is 21.9. The molecule has 2 heterocycles. The summed E-state index contributed by atoms with van der Waals surface area (Å²) in [6.45, 7) is 6.43. The van der Waals surface area contributed by atoms with Crippen LogP contribution >= 0.6 is 22.7 Å². The molecule has 0 spiro atoms. The second kappa shape index (κ2) is 14.4. The number of benzene rings is 2. The van der Waals surface area contributed by atoms with Crippen LogP contribution in [0.15, 0.2) is 53.3 Å². The first kappa shape index (κ1) is 31.8. The number of ether oxygens (including phenoxy) is 3. The Morgan fingerprint density at radius 3 is 2.38 bits per heavy atom. The Labute approximate surface area is 268 Å². The fourth-order valence-corrected chi connectivity index (χ4v) is 7.61. The number of anilines is 1. The summed E-state index contributed by atoms with van der Waals surface area (Å²) in [6, 6.07) is 16.4. The number of carbonyl (C=O) groups is 2. The van der Waals surface area contributed by atoms with E-state index in [0.29, 0.717) is 57.5 Å². The van der Waals surface area contributed by atoms with Crippen molar-refractivity contribution in [3.63, 3.8) is 0 Å². The van der Waals surface area contributed by atoms with E-state index in [9.17, 15) is 19.6 Å². The van der Waals surface area contributed by atoms with E-state index in [4.69, 9.17) is 14.2 Å². The van der Waals surface area contributed by atoms with Gasteiger partial charge in [-0.2, -0.15) is 5.26 Å². The van der Waals surface area contributed by atoms with Gasteiger partial charge in [0, 0.05) is 10.4 Å². The number of rotatable bonds is 10. The zero-order valence-corrected chi connectivity index (χ0v) is 26.9. The SMILES string of the molecule is CCOC(=O)c1c(NC(=O)/C(C#N)=c2/s/c(=C\c3ccccc3OCC)c(=O)n2-c2ccccc2OCC)sc2c1CCCC2. The summed E-state index contributed by atoms with van der Waals surface area (Å²) in [5.41, 5.74) is 1.61. The molecule has 1 amide bonds. The Bertz CT molecular complexity index is 1960. The lowest BCUT2D eigenvalue weighted by atomic mass is 9.95.